The summed E-state index contributed by atoms with van der Waals surface area (Å²) in [7, 11) is 0. The molecule has 0 amide bonds. The van der Waals surface area contributed by atoms with Crippen molar-refractivity contribution in [2.45, 2.75) is 51.5 Å². The average molecular weight is 309 g/mol. The van der Waals surface area contributed by atoms with E-state index in [0.717, 1.165) is 36.1 Å². The van der Waals surface area contributed by atoms with Gasteiger partial charge < -0.3 is 4.57 Å². The first-order valence-electron chi connectivity index (χ1n) is 7.88. The van der Waals surface area contributed by atoms with E-state index in [2.05, 4.69) is 16.5 Å². The molecular formula is C17H22ClFN2. The standard InChI is InChI=1S/C17H22ClFN2/c1-12-4-2-5-13(10-12)8-9-21-15-7-3-6-14(19)17(15)20-16(21)11-18/h3,6-7,12-13H,2,4-5,8-11H2,1H3. The minimum absolute atomic E-state index is 0.260. The van der Waals surface area contributed by atoms with Gasteiger partial charge in [0.1, 0.15) is 11.3 Å². The van der Waals surface area contributed by atoms with Gasteiger partial charge in [0.25, 0.3) is 0 Å². The van der Waals surface area contributed by atoms with Crippen LogP contribution in [0.2, 0.25) is 0 Å². The third kappa shape index (κ3) is 3.08. The van der Waals surface area contributed by atoms with Crippen molar-refractivity contribution in [1.29, 1.82) is 0 Å². The van der Waals surface area contributed by atoms with E-state index in [-0.39, 0.29) is 5.82 Å². The van der Waals surface area contributed by atoms with Gasteiger partial charge in [0, 0.05) is 6.54 Å². The number of aryl methyl sites for hydroxylation is 1. The van der Waals surface area contributed by atoms with Gasteiger partial charge in [-0.15, -0.1) is 11.6 Å². The Bertz CT molecular complexity index is 623. The first-order valence-corrected chi connectivity index (χ1v) is 8.42. The highest BCUT2D eigenvalue weighted by molar-refractivity contribution is 6.16. The van der Waals surface area contributed by atoms with Crippen LogP contribution >= 0.6 is 11.6 Å². The van der Waals surface area contributed by atoms with Gasteiger partial charge in [0.05, 0.1) is 11.4 Å². The first-order chi connectivity index (χ1) is 10.2. The molecule has 4 heteroatoms. The molecule has 1 aliphatic carbocycles. The molecule has 0 bridgehead atoms. The van der Waals surface area contributed by atoms with Crippen LogP contribution in [0.1, 0.15) is 44.9 Å². The summed E-state index contributed by atoms with van der Waals surface area (Å²) in [5.74, 6) is 2.47. The topological polar surface area (TPSA) is 17.8 Å². The van der Waals surface area contributed by atoms with Crippen molar-refractivity contribution >= 4 is 22.6 Å². The maximum Gasteiger partial charge on any atom is 0.151 e. The van der Waals surface area contributed by atoms with E-state index in [4.69, 9.17) is 11.6 Å². The van der Waals surface area contributed by atoms with Gasteiger partial charge in [0.15, 0.2) is 5.82 Å². The normalized spacial score (nSPS) is 22.8. The summed E-state index contributed by atoms with van der Waals surface area (Å²) in [4.78, 5) is 4.37. The van der Waals surface area contributed by atoms with Gasteiger partial charge in [-0.1, -0.05) is 32.3 Å². The zero-order chi connectivity index (χ0) is 14.8. The van der Waals surface area contributed by atoms with Crippen LogP contribution in [0.25, 0.3) is 11.0 Å². The van der Waals surface area contributed by atoms with Crippen molar-refractivity contribution in [3.63, 3.8) is 0 Å². The van der Waals surface area contributed by atoms with Crippen LogP contribution in [0.15, 0.2) is 18.2 Å². The Labute approximate surface area is 130 Å². The number of hydrogen-bond acceptors (Lipinski definition) is 1. The Morgan fingerprint density at radius 3 is 3.00 bits per heavy atom. The van der Waals surface area contributed by atoms with Crippen molar-refractivity contribution in [2.24, 2.45) is 11.8 Å². The number of imidazole rings is 1. The highest BCUT2D eigenvalue weighted by atomic mass is 35.5. The van der Waals surface area contributed by atoms with Gasteiger partial charge in [-0.3, -0.25) is 0 Å². The molecule has 1 aliphatic rings. The number of fused-ring (bicyclic) bond motifs is 1. The summed E-state index contributed by atoms with van der Waals surface area (Å²) < 4.78 is 15.9. The number of benzene rings is 1. The highest BCUT2D eigenvalue weighted by Gasteiger charge is 2.20. The highest BCUT2D eigenvalue weighted by Crippen LogP contribution is 2.31. The van der Waals surface area contributed by atoms with Crippen LogP contribution < -0.4 is 0 Å². The lowest BCUT2D eigenvalue weighted by Gasteiger charge is -2.27. The number of alkyl halides is 1. The van der Waals surface area contributed by atoms with E-state index < -0.39 is 0 Å². The zero-order valence-corrected chi connectivity index (χ0v) is 13.2. The molecule has 3 rings (SSSR count). The van der Waals surface area contributed by atoms with Crippen molar-refractivity contribution in [1.82, 2.24) is 9.55 Å². The van der Waals surface area contributed by atoms with E-state index in [1.165, 1.54) is 31.7 Å². The molecule has 0 aliphatic heterocycles. The number of hydrogen-bond donors (Lipinski definition) is 0. The third-order valence-corrected chi connectivity index (χ3v) is 4.97. The third-order valence-electron chi connectivity index (χ3n) is 4.73. The lowest BCUT2D eigenvalue weighted by Crippen LogP contribution is -2.16. The van der Waals surface area contributed by atoms with Gasteiger partial charge in [-0.2, -0.15) is 0 Å². The summed E-state index contributed by atoms with van der Waals surface area (Å²) in [6, 6.07) is 5.14. The molecular weight excluding hydrogens is 287 g/mol. The number of rotatable bonds is 4. The molecule has 0 saturated heterocycles. The van der Waals surface area contributed by atoms with Gasteiger partial charge in [0.2, 0.25) is 0 Å². The summed E-state index contributed by atoms with van der Waals surface area (Å²) >= 11 is 5.99. The summed E-state index contributed by atoms with van der Waals surface area (Å²) in [5, 5.41) is 0. The molecule has 1 heterocycles. The molecule has 1 aromatic carbocycles. The van der Waals surface area contributed by atoms with Crippen molar-refractivity contribution < 1.29 is 4.39 Å². The van der Waals surface area contributed by atoms with Crippen molar-refractivity contribution in [2.75, 3.05) is 0 Å². The predicted octanol–water partition coefficient (Wildman–Crippen LogP) is 5.13. The number of aromatic nitrogens is 2. The maximum atomic E-state index is 13.8. The SMILES string of the molecule is CC1CCCC(CCn2c(CCl)nc3c(F)cccc32)C1. The summed E-state index contributed by atoms with van der Waals surface area (Å²) in [5.41, 5.74) is 1.32. The van der Waals surface area contributed by atoms with Crippen molar-refractivity contribution in [3.05, 3.63) is 29.8 Å². The van der Waals surface area contributed by atoms with E-state index in [1.54, 1.807) is 6.07 Å². The van der Waals surface area contributed by atoms with Crippen LogP contribution in [-0.4, -0.2) is 9.55 Å². The number of para-hydroxylation sites is 1. The molecule has 1 fully saturated rings. The predicted molar refractivity (Wildman–Crippen MR) is 85.0 cm³/mol. The molecule has 2 unspecified atom stereocenters. The monoisotopic (exact) mass is 308 g/mol. The Morgan fingerprint density at radius 1 is 1.38 bits per heavy atom. The van der Waals surface area contributed by atoms with E-state index >= 15 is 0 Å². The molecule has 1 saturated carbocycles. The molecule has 0 spiro atoms. The second kappa shape index (κ2) is 6.35. The Kier molecular flexibility index (Phi) is 4.48. The Morgan fingerprint density at radius 2 is 2.24 bits per heavy atom. The smallest absolute Gasteiger partial charge is 0.151 e. The first kappa shape index (κ1) is 14.8. The fraction of sp³-hybridized carbons (Fsp3) is 0.588. The molecule has 2 atom stereocenters. The summed E-state index contributed by atoms with van der Waals surface area (Å²) in [6.07, 6.45) is 6.48. The molecule has 114 valence electrons. The van der Waals surface area contributed by atoms with Crippen LogP contribution in [0.5, 0.6) is 0 Å². The van der Waals surface area contributed by atoms with Crippen LogP contribution in [0.4, 0.5) is 4.39 Å². The maximum absolute atomic E-state index is 13.8. The fourth-order valence-corrected chi connectivity index (χ4v) is 3.85. The zero-order valence-electron chi connectivity index (χ0n) is 12.5. The second-order valence-electron chi connectivity index (χ2n) is 6.35. The van der Waals surface area contributed by atoms with Crippen LogP contribution in [-0.2, 0) is 12.4 Å². The second-order valence-corrected chi connectivity index (χ2v) is 6.61. The lowest BCUT2D eigenvalue weighted by molar-refractivity contribution is 0.261. The Hall–Kier alpha value is -1.09. The average Bonchev–Trinajstić information content (AvgIpc) is 2.84. The molecule has 0 radical (unpaired) electrons. The number of halogens is 2. The minimum Gasteiger partial charge on any atom is -0.327 e. The molecule has 2 aromatic rings. The fourth-order valence-electron chi connectivity index (χ4n) is 3.65. The van der Waals surface area contributed by atoms with Crippen LogP contribution in [0, 0.1) is 17.7 Å². The Balaban J connectivity index is 1.81. The molecule has 1 aromatic heterocycles. The quantitative estimate of drug-likeness (QED) is 0.716. The van der Waals surface area contributed by atoms with Crippen LogP contribution in [0.3, 0.4) is 0 Å². The lowest BCUT2D eigenvalue weighted by atomic mass is 9.81. The van der Waals surface area contributed by atoms with Gasteiger partial charge >= 0.3 is 0 Å². The van der Waals surface area contributed by atoms with E-state index in [9.17, 15) is 4.39 Å². The molecule has 2 nitrogen and oxygen atoms in total. The van der Waals surface area contributed by atoms with Gasteiger partial charge in [-0.25, -0.2) is 9.37 Å². The van der Waals surface area contributed by atoms with Gasteiger partial charge in [-0.05, 0) is 36.8 Å². The summed E-state index contributed by atoms with van der Waals surface area (Å²) in [6.45, 7) is 3.23. The van der Waals surface area contributed by atoms with E-state index in [1.807, 2.05) is 6.07 Å². The van der Waals surface area contributed by atoms with Crippen molar-refractivity contribution in [3.8, 4) is 0 Å². The largest absolute Gasteiger partial charge is 0.327 e. The van der Waals surface area contributed by atoms with E-state index in [0.29, 0.717) is 11.4 Å². The molecule has 0 N–H and O–H groups in total. The minimum atomic E-state index is -0.260. The molecule has 21 heavy (non-hydrogen) atoms. The number of nitrogens with zero attached hydrogens (tertiary/aromatic N) is 2.